The van der Waals surface area contributed by atoms with E-state index in [0.29, 0.717) is 41.9 Å². The quantitative estimate of drug-likeness (QED) is 0.719. The average Bonchev–Trinajstić information content (AvgIpc) is 2.65. The van der Waals surface area contributed by atoms with Crippen molar-refractivity contribution in [1.82, 2.24) is 10.3 Å². The molecule has 2 rings (SSSR count). The van der Waals surface area contributed by atoms with Crippen LogP contribution < -0.4 is 20.1 Å². The van der Waals surface area contributed by atoms with Crippen LogP contribution in [0.4, 0.5) is 5.82 Å². The summed E-state index contributed by atoms with van der Waals surface area (Å²) in [5.74, 6) is 2.50. The lowest BCUT2D eigenvalue weighted by molar-refractivity contribution is 0.0952. The van der Waals surface area contributed by atoms with Gasteiger partial charge in [-0.05, 0) is 42.2 Å². The fourth-order valence-electron chi connectivity index (χ4n) is 2.43. The first-order valence-electron chi connectivity index (χ1n) is 8.72. The standard InChI is InChI=1S/C20H27N3O3/c1-14(2)7-9-22-20(24)16-8-10-21-19(12-16)23-13-15-5-6-17(25-3)18(11-15)26-4/h5-6,8,10-12,14H,7,9,13H2,1-4H3,(H,21,23)(H,22,24). The van der Waals surface area contributed by atoms with E-state index >= 15 is 0 Å². The summed E-state index contributed by atoms with van der Waals surface area (Å²) >= 11 is 0. The van der Waals surface area contributed by atoms with E-state index in [0.717, 1.165) is 12.0 Å². The van der Waals surface area contributed by atoms with E-state index in [2.05, 4.69) is 29.5 Å². The molecule has 0 unspecified atom stereocenters. The normalized spacial score (nSPS) is 10.5. The molecule has 0 aliphatic heterocycles. The number of pyridine rings is 1. The van der Waals surface area contributed by atoms with Crippen molar-refractivity contribution in [2.75, 3.05) is 26.1 Å². The molecule has 26 heavy (non-hydrogen) atoms. The number of rotatable bonds is 9. The Morgan fingerprint density at radius 1 is 1.12 bits per heavy atom. The highest BCUT2D eigenvalue weighted by atomic mass is 16.5. The molecule has 1 aromatic carbocycles. The van der Waals surface area contributed by atoms with Crippen molar-refractivity contribution in [3.05, 3.63) is 47.7 Å². The Bertz CT molecular complexity index is 732. The first-order valence-corrected chi connectivity index (χ1v) is 8.72. The number of carbonyl (C=O) groups is 1. The van der Waals surface area contributed by atoms with Gasteiger partial charge in [-0.2, -0.15) is 0 Å². The lowest BCUT2D eigenvalue weighted by Crippen LogP contribution is -2.25. The molecule has 2 N–H and O–H groups in total. The number of hydrogen-bond acceptors (Lipinski definition) is 5. The molecule has 0 spiro atoms. The second-order valence-electron chi connectivity index (χ2n) is 6.41. The summed E-state index contributed by atoms with van der Waals surface area (Å²) in [5.41, 5.74) is 1.62. The number of nitrogens with zero attached hydrogens (tertiary/aromatic N) is 1. The first kappa shape index (κ1) is 19.6. The number of benzene rings is 1. The summed E-state index contributed by atoms with van der Waals surface area (Å²) in [5, 5.41) is 6.17. The van der Waals surface area contributed by atoms with Crippen LogP contribution in [0.2, 0.25) is 0 Å². The second-order valence-corrected chi connectivity index (χ2v) is 6.41. The molecule has 1 amide bonds. The van der Waals surface area contributed by atoms with Gasteiger partial charge < -0.3 is 20.1 Å². The van der Waals surface area contributed by atoms with E-state index in [1.807, 2.05) is 18.2 Å². The molecular formula is C20H27N3O3. The van der Waals surface area contributed by atoms with Gasteiger partial charge >= 0.3 is 0 Å². The van der Waals surface area contributed by atoms with Crippen molar-refractivity contribution in [3.8, 4) is 11.5 Å². The average molecular weight is 357 g/mol. The molecule has 6 heteroatoms. The minimum atomic E-state index is -0.0813. The molecule has 0 saturated carbocycles. The number of nitrogens with one attached hydrogen (secondary N) is 2. The van der Waals surface area contributed by atoms with Crippen molar-refractivity contribution in [2.24, 2.45) is 5.92 Å². The zero-order valence-corrected chi connectivity index (χ0v) is 15.8. The lowest BCUT2D eigenvalue weighted by atomic mass is 10.1. The Morgan fingerprint density at radius 2 is 1.88 bits per heavy atom. The van der Waals surface area contributed by atoms with E-state index in [-0.39, 0.29) is 5.91 Å². The minimum Gasteiger partial charge on any atom is -0.493 e. The molecule has 0 aliphatic rings. The van der Waals surface area contributed by atoms with Crippen LogP contribution >= 0.6 is 0 Å². The van der Waals surface area contributed by atoms with Gasteiger partial charge in [-0.15, -0.1) is 0 Å². The Hall–Kier alpha value is -2.76. The molecule has 1 heterocycles. The van der Waals surface area contributed by atoms with Crippen LogP contribution in [0.5, 0.6) is 11.5 Å². The van der Waals surface area contributed by atoms with Crippen LogP contribution in [0.3, 0.4) is 0 Å². The number of anilines is 1. The third-order valence-corrected chi connectivity index (χ3v) is 3.95. The van der Waals surface area contributed by atoms with E-state index in [1.54, 1.807) is 32.5 Å². The number of hydrogen-bond donors (Lipinski definition) is 2. The summed E-state index contributed by atoms with van der Waals surface area (Å²) in [6.45, 7) is 5.50. The second kappa shape index (κ2) is 9.65. The number of methoxy groups -OCH3 is 2. The predicted molar refractivity (Wildman–Crippen MR) is 103 cm³/mol. The van der Waals surface area contributed by atoms with Crippen molar-refractivity contribution in [1.29, 1.82) is 0 Å². The number of carbonyl (C=O) groups excluding carboxylic acids is 1. The summed E-state index contributed by atoms with van der Waals surface area (Å²) in [4.78, 5) is 16.5. The van der Waals surface area contributed by atoms with E-state index in [4.69, 9.17) is 9.47 Å². The third-order valence-electron chi connectivity index (χ3n) is 3.95. The fraction of sp³-hybridized carbons (Fsp3) is 0.400. The van der Waals surface area contributed by atoms with Crippen LogP contribution in [0.25, 0.3) is 0 Å². The maximum atomic E-state index is 12.2. The van der Waals surface area contributed by atoms with Gasteiger partial charge in [0.05, 0.1) is 14.2 Å². The maximum absolute atomic E-state index is 12.2. The molecule has 0 bridgehead atoms. The summed E-state index contributed by atoms with van der Waals surface area (Å²) in [6.07, 6.45) is 2.59. The Labute approximate surface area is 154 Å². The van der Waals surface area contributed by atoms with Crippen molar-refractivity contribution in [2.45, 2.75) is 26.8 Å². The van der Waals surface area contributed by atoms with E-state index in [9.17, 15) is 4.79 Å². The van der Waals surface area contributed by atoms with Crippen LogP contribution in [-0.4, -0.2) is 31.7 Å². The molecule has 0 fully saturated rings. The molecule has 140 valence electrons. The lowest BCUT2D eigenvalue weighted by Gasteiger charge is -2.11. The SMILES string of the molecule is COc1ccc(CNc2cc(C(=O)NCCC(C)C)ccn2)cc1OC. The first-order chi connectivity index (χ1) is 12.5. The van der Waals surface area contributed by atoms with Crippen LogP contribution in [0, 0.1) is 5.92 Å². The number of amides is 1. The Kier molecular flexibility index (Phi) is 7.26. The maximum Gasteiger partial charge on any atom is 0.251 e. The van der Waals surface area contributed by atoms with Crippen molar-refractivity contribution >= 4 is 11.7 Å². The van der Waals surface area contributed by atoms with E-state index in [1.165, 1.54) is 0 Å². The topological polar surface area (TPSA) is 72.5 Å². The van der Waals surface area contributed by atoms with Gasteiger partial charge in [0.25, 0.3) is 5.91 Å². The van der Waals surface area contributed by atoms with Crippen molar-refractivity contribution in [3.63, 3.8) is 0 Å². The summed E-state index contributed by atoms with van der Waals surface area (Å²) in [6, 6.07) is 9.20. The Balaban J connectivity index is 1.97. The Morgan fingerprint density at radius 3 is 2.58 bits per heavy atom. The fourth-order valence-corrected chi connectivity index (χ4v) is 2.43. The molecule has 1 aromatic heterocycles. The van der Waals surface area contributed by atoms with Gasteiger partial charge in [0, 0.05) is 24.8 Å². The van der Waals surface area contributed by atoms with Gasteiger partial charge in [0.1, 0.15) is 5.82 Å². The van der Waals surface area contributed by atoms with Crippen LogP contribution in [0.1, 0.15) is 36.2 Å². The molecule has 6 nitrogen and oxygen atoms in total. The van der Waals surface area contributed by atoms with Gasteiger partial charge in [0.15, 0.2) is 11.5 Å². The number of ether oxygens (including phenoxy) is 2. The highest BCUT2D eigenvalue weighted by Crippen LogP contribution is 2.27. The van der Waals surface area contributed by atoms with Crippen molar-refractivity contribution < 1.29 is 14.3 Å². The summed E-state index contributed by atoms with van der Waals surface area (Å²) < 4.78 is 10.6. The van der Waals surface area contributed by atoms with Gasteiger partial charge in [-0.25, -0.2) is 4.98 Å². The molecule has 0 radical (unpaired) electrons. The zero-order chi connectivity index (χ0) is 18.9. The molecule has 0 aliphatic carbocycles. The van der Waals surface area contributed by atoms with Gasteiger partial charge in [-0.3, -0.25) is 4.79 Å². The number of aromatic nitrogens is 1. The molecule has 0 atom stereocenters. The summed E-state index contributed by atoms with van der Waals surface area (Å²) in [7, 11) is 3.22. The van der Waals surface area contributed by atoms with Crippen LogP contribution in [0.15, 0.2) is 36.5 Å². The minimum absolute atomic E-state index is 0.0813. The van der Waals surface area contributed by atoms with E-state index < -0.39 is 0 Å². The monoisotopic (exact) mass is 357 g/mol. The van der Waals surface area contributed by atoms with Gasteiger partial charge in [0.2, 0.25) is 0 Å². The van der Waals surface area contributed by atoms with Gasteiger partial charge in [-0.1, -0.05) is 19.9 Å². The highest BCUT2D eigenvalue weighted by Gasteiger charge is 2.08. The molecular weight excluding hydrogens is 330 g/mol. The smallest absolute Gasteiger partial charge is 0.251 e. The predicted octanol–water partition coefficient (Wildman–Crippen LogP) is 3.49. The molecule has 0 saturated heterocycles. The highest BCUT2D eigenvalue weighted by molar-refractivity contribution is 5.94. The molecule has 2 aromatic rings. The van der Waals surface area contributed by atoms with Crippen LogP contribution in [-0.2, 0) is 6.54 Å². The third kappa shape index (κ3) is 5.65. The zero-order valence-electron chi connectivity index (χ0n) is 15.8. The largest absolute Gasteiger partial charge is 0.493 e.